The third-order valence-electron chi connectivity index (χ3n) is 3.57. The summed E-state index contributed by atoms with van der Waals surface area (Å²) in [5, 5.41) is 25.1. The molecule has 0 bridgehead atoms. The molecule has 0 spiro atoms. The molecule has 3 N–H and O–H groups in total. The zero-order valence-corrected chi connectivity index (χ0v) is 10.8. The maximum atomic E-state index is 10.3. The summed E-state index contributed by atoms with van der Waals surface area (Å²) in [4.78, 5) is 0. The molecular formula is C13H19N5O. The Kier molecular flexibility index (Phi) is 3.46. The largest absolute Gasteiger partial charge is 0.387 e. The van der Waals surface area contributed by atoms with Gasteiger partial charge in [0.15, 0.2) is 11.5 Å². The van der Waals surface area contributed by atoms with Gasteiger partial charge in [-0.05, 0) is 31.5 Å². The molecular weight excluding hydrogens is 242 g/mol. The third kappa shape index (κ3) is 2.75. The van der Waals surface area contributed by atoms with E-state index in [0.29, 0.717) is 19.6 Å². The number of aliphatic hydroxyl groups is 1. The Hall–Kier alpha value is -1.50. The van der Waals surface area contributed by atoms with Gasteiger partial charge in [-0.15, -0.1) is 10.2 Å². The van der Waals surface area contributed by atoms with Crippen LogP contribution in [0.3, 0.4) is 0 Å². The molecule has 3 rings (SSSR count). The summed E-state index contributed by atoms with van der Waals surface area (Å²) in [6.07, 6.45) is 3.81. The van der Waals surface area contributed by atoms with Gasteiger partial charge < -0.3 is 15.7 Å². The minimum atomic E-state index is -0.640. The first-order valence-electron chi connectivity index (χ1n) is 6.69. The molecule has 1 saturated heterocycles. The highest BCUT2D eigenvalue weighted by molar-refractivity contribution is 5.36. The lowest BCUT2D eigenvalue weighted by Crippen LogP contribution is -2.51. The quantitative estimate of drug-likeness (QED) is 0.718. The first-order chi connectivity index (χ1) is 9.27. The number of hydrogen-bond donors (Lipinski definition) is 3. The van der Waals surface area contributed by atoms with Gasteiger partial charge in [-0.25, -0.2) is 0 Å². The van der Waals surface area contributed by atoms with Crippen molar-refractivity contribution in [2.24, 2.45) is 0 Å². The van der Waals surface area contributed by atoms with Crippen LogP contribution in [-0.4, -0.2) is 44.9 Å². The van der Waals surface area contributed by atoms with Crippen molar-refractivity contribution in [1.29, 1.82) is 0 Å². The fourth-order valence-corrected chi connectivity index (χ4v) is 2.52. The fraction of sp³-hybridized carbons (Fsp3) is 0.538. The first-order valence-corrected chi connectivity index (χ1v) is 6.69. The Bertz CT molecular complexity index is 547. The highest BCUT2D eigenvalue weighted by Crippen LogP contribution is 2.14. The second-order valence-corrected chi connectivity index (χ2v) is 5.15. The van der Waals surface area contributed by atoms with Crippen LogP contribution in [0.15, 0.2) is 24.4 Å². The van der Waals surface area contributed by atoms with E-state index in [0.717, 1.165) is 30.9 Å². The second-order valence-electron chi connectivity index (χ2n) is 5.15. The lowest BCUT2D eigenvalue weighted by atomic mass is 9.94. The van der Waals surface area contributed by atoms with Gasteiger partial charge in [0.1, 0.15) is 0 Å². The van der Waals surface area contributed by atoms with Crippen LogP contribution < -0.4 is 10.6 Å². The van der Waals surface area contributed by atoms with Crippen molar-refractivity contribution in [3.63, 3.8) is 0 Å². The lowest BCUT2D eigenvalue weighted by Gasteiger charge is -2.32. The van der Waals surface area contributed by atoms with E-state index in [-0.39, 0.29) is 0 Å². The van der Waals surface area contributed by atoms with Crippen LogP contribution in [-0.2, 0) is 6.54 Å². The predicted molar refractivity (Wildman–Crippen MR) is 71.7 cm³/mol. The average Bonchev–Trinajstić information content (AvgIpc) is 2.83. The van der Waals surface area contributed by atoms with Crippen molar-refractivity contribution in [2.75, 3.05) is 19.6 Å². The molecule has 0 saturated carbocycles. The molecule has 3 heterocycles. The highest BCUT2D eigenvalue weighted by atomic mass is 16.3. The molecule has 0 radical (unpaired) electrons. The average molecular weight is 261 g/mol. The van der Waals surface area contributed by atoms with Crippen LogP contribution in [0.25, 0.3) is 5.65 Å². The van der Waals surface area contributed by atoms with E-state index in [9.17, 15) is 5.11 Å². The molecule has 2 aromatic heterocycles. The summed E-state index contributed by atoms with van der Waals surface area (Å²) in [5.74, 6) is 0.864. The Labute approximate surface area is 111 Å². The Balaban J connectivity index is 1.60. The monoisotopic (exact) mass is 261 g/mol. The minimum Gasteiger partial charge on any atom is -0.387 e. The standard InChI is InChI=1S/C13H19N5O/c19-13(5-3-6-14-9-13)10-15-8-12-17-16-11-4-1-2-7-18(11)12/h1-2,4,7,14-15,19H,3,5-6,8-10H2/t13-/m1/s1. The first kappa shape index (κ1) is 12.5. The van der Waals surface area contributed by atoms with Crippen molar-refractivity contribution in [3.8, 4) is 0 Å². The molecule has 2 aromatic rings. The van der Waals surface area contributed by atoms with E-state index >= 15 is 0 Å². The Morgan fingerprint density at radius 1 is 1.42 bits per heavy atom. The zero-order valence-electron chi connectivity index (χ0n) is 10.8. The minimum absolute atomic E-state index is 0.571. The number of nitrogens with one attached hydrogen (secondary N) is 2. The number of fused-ring (bicyclic) bond motifs is 1. The molecule has 0 amide bonds. The van der Waals surface area contributed by atoms with Gasteiger partial charge in [-0.3, -0.25) is 4.40 Å². The van der Waals surface area contributed by atoms with E-state index in [2.05, 4.69) is 20.8 Å². The van der Waals surface area contributed by atoms with Gasteiger partial charge in [0.25, 0.3) is 0 Å². The van der Waals surface area contributed by atoms with E-state index in [1.165, 1.54) is 0 Å². The van der Waals surface area contributed by atoms with E-state index in [1.54, 1.807) is 0 Å². The van der Waals surface area contributed by atoms with Gasteiger partial charge >= 0.3 is 0 Å². The summed E-state index contributed by atoms with van der Waals surface area (Å²) >= 11 is 0. The predicted octanol–water partition coefficient (Wildman–Crippen LogP) is -0.0666. The van der Waals surface area contributed by atoms with Crippen LogP contribution in [0.2, 0.25) is 0 Å². The van der Waals surface area contributed by atoms with Crippen LogP contribution >= 0.6 is 0 Å². The summed E-state index contributed by atoms with van der Waals surface area (Å²) in [6, 6.07) is 5.82. The Morgan fingerprint density at radius 3 is 3.21 bits per heavy atom. The van der Waals surface area contributed by atoms with Gasteiger partial charge in [-0.1, -0.05) is 6.07 Å². The molecule has 1 atom stereocenters. The van der Waals surface area contributed by atoms with Crippen LogP contribution in [0.5, 0.6) is 0 Å². The highest BCUT2D eigenvalue weighted by Gasteiger charge is 2.28. The molecule has 6 nitrogen and oxygen atoms in total. The molecule has 0 unspecified atom stereocenters. The number of β-amino-alcohol motifs (C(OH)–C–C–N with tert-alkyl or cyclic N) is 1. The zero-order chi connectivity index (χ0) is 13.1. The van der Waals surface area contributed by atoms with Crippen LogP contribution in [0.4, 0.5) is 0 Å². The van der Waals surface area contributed by atoms with Crippen molar-refractivity contribution in [2.45, 2.75) is 25.0 Å². The molecule has 0 aliphatic carbocycles. The Morgan fingerprint density at radius 2 is 2.37 bits per heavy atom. The van der Waals surface area contributed by atoms with E-state index in [1.807, 2.05) is 28.8 Å². The third-order valence-corrected chi connectivity index (χ3v) is 3.57. The van der Waals surface area contributed by atoms with Gasteiger partial charge in [0.05, 0.1) is 12.1 Å². The number of piperidine rings is 1. The molecule has 102 valence electrons. The van der Waals surface area contributed by atoms with Gasteiger partial charge in [-0.2, -0.15) is 0 Å². The van der Waals surface area contributed by atoms with Gasteiger partial charge in [0.2, 0.25) is 0 Å². The van der Waals surface area contributed by atoms with Gasteiger partial charge in [0, 0.05) is 19.3 Å². The van der Waals surface area contributed by atoms with Crippen LogP contribution in [0.1, 0.15) is 18.7 Å². The van der Waals surface area contributed by atoms with E-state index < -0.39 is 5.60 Å². The van der Waals surface area contributed by atoms with E-state index in [4.69, 9.17) is 0 Å². The van der Waals surface area contributed by atoms with Crippen molar-refractivity contribution < 1.29 is 5.11 Å². The molecule has 0 aromatic carbocycles. The van der Waals surface area contributed by atoms with Crippen LogP contribution in [0, 0.1) is 0 Å². The summed E-state index contributed by atoms with van der Waals surface area (Å²) < 4.78 is 1.95. The van der Waals surface area contributed by atoms with Crippen molar-refractivity contribution >= 4 is 5.65 Å². The number of rotatable bonds is 4. The summed E-state index contributed by atoms with van der Waals surface area (Å²) in [6.45, 7) is 2.83. The summed E-state index contributed by atoms with van der Waals surface area (Å²) in [7, 11) is 0. The second kappa shape index (κ2) is 5.24. The SMILES string of the molecule is O[C@]1(CNCc2nnc3ccccn23)CCCNC1. The van der Waals surface area contributed by atoms with Crippen molar-refractivity contribution in [1.82, 2.24) is 25.2 Å². The molecule has 1 fully saturated rings. The molecule has 1 aliphatic rings. The number of hydrogen-bond acceptors (Lipinski definition) is 5. The number of nitrogens with zero attached hydrogens (tertiary/aromatic N) is 3. The maximum absolute atomic E-state index is 10.3. The smallest absolute Gasteiger partial charge is 0.160 e. The molecule has 19 heavy (non-hydrogen) atoms. The fourth-order valence-electron chi connectivity index (χ4n) is 2.52. The molecule has 1 aliphatic heterocycles. The number of aromatic nitrogens is 3. The van der Waals surface area contributed by atoms with Crippen molar-refractivity contribution in [3.05, 3.63) is 30.2 Å². The number of pyridine rings is 1. The molecule has 6 heteroatoms. The maximum Gasteiger partial charge on any atom is 0.160 e. The topological polar surface area (TPSA) is 74.5 Å². The normalized spacial score (nSPS) is 23.8. The lowest BCUT2D eigenvalue weighted by molar-refractivity contribution is 0.0167. The summed E-state index contributed by atoms with van der Waals surface area (Å²) in [5.41, 5.74) is 0.205.